The highest BCUT2D eigenvalue weighted by molar-refractivity contribution is 5.26. The zero-order valence-corrected chi connectivity index (χ0v) is 11.5. The second-order valence-corrected chi connectivity index (χ2v) is 5.20. The van der Waals surface area contributed by atoms with E-state index >= 15 is 0 Å². The second-order valence-electron chi connectivity index (χ2n) is 5.20. The van der Waals surface area contributed by atoms with Gasteiger partial charge >= 0.3 is 0 Å². The minimum absolute atomic E-state index is 0.00615. The largest absolute Gasteiger partial charge is 0.394 e. The highest BCUT2D eigenvalue weighted by atomic mass is 16.5. The van der Waals surface area contributed by atoms with Gasteiger partial charge in [0.25, 0.3) is 0 Å². The van der Waals surface area contributed by atoms with Crippen LogP contribution < -0.4 is 0 Å². The average Bonchev–Trinajstić information content (AvgIpc) is 2.82. The number of nitrogens with zero attached hydrogens (tertiary/aromatic N) is 1. The van der Waals surface area contributed by atoms with Crippen molar-refractivity contribution in [2.24, 2.45) is 0 Å². The van der Waals surface area contributed by atoms with Crippen LogP contribution in [0.4, 0.5) is 0 Å². The lowest BCUT2D eigenvalue weighted by atomic mass is 10.0. The van der Waals surface area contributed by atoms with Crippen LogP contribution in [0.1, 0.15) is 44.0 Å². The molecule has 1 fully saturated rings. The van der Waals surface area contributed by atoms with E-state index in [9.17, 15) is 5.11 Å². The first-order chi connectivity index (χ1) is 8.65. The molecule has 100 valence electrons. The Kier molecular flexibility index (Phi) is 4.38. The first-order valence-corrected chi connectivity index (χ1v) is 6.76. The van der Waals surface area contributed by atoms with Crippen LogP contribution in [0.15, 0.2) is 24.3 Å². The van der Waals surface area contributed by atoms with Gasteiger partial charge < -0.3 is 9.84 Å². The lowest BCUT2D eigenvalue weighted by Crippen LogP contribution is -2.25. The fourth-order valence-corrected chi connectivity index (χ4v) is 2.40. The minimum atomic E-state index is -0.0558. The van der Waals surface area contributed by atoms with Crippen LogP contribution in [0.3, 0.4) is 0 Å². The summed E-state index contributed by atoms with van der Waals surface area (Å²) in [5.41, 5.74) is 2.52. The molecule has 1 aromatic rings. The maximum Gasteiger partial charge on any atom is 0.137 e. The van der Waals surface area contributed by atoms with Gasteiger partial charge in [-0.15, -0.1) is 0 Å². The lowest BCUT2D eigenvalue weighted by Gasteiger charge is -2.21. The molecule has 2 atom stereocenters. The molecule has 1 N–H and O–H groups in total. The van der Waals surface area contributed by atoms with Crippen LogP contribution in [0, 0.1) is 0 Å². The fraction of sp³-hybridized carbons (Fsp3) is 0.600. The minimum Gasteiger partial charge on any atom is -0.394 e. The smallest absolute Gasteiger partial charge is 0.137 e. The zero-order chi connectivity index (χ0) is 13.1. The van der Waals surface area contributed by atoms with Crippen LogP contribution in [-0.4, -0.2) is 35.8 Å². The summed E-state index contributed by atoms with van der Waals surface area (Å²) in [5, 5.41) is 9.21. The predicted molar refractivity (Wildman–Crippen MR) is 72.5 cm³/mol. The predicted octanol–water partition coefficient (Wildman–Crippen LogP) is 2.52. The van der Waals surface area contributed by atoms with E-state index < -0.39 is 0 Å². The van der Waals surface area contributed by atoms with Crippen molar-refractivity contribution in [2.45, 2.75) is 39.0 Å². The molecule has 0 amide bonds. The Morgan fingerprint density at radius 2 is 2.00 bits per heavy atom. The van der Waals surface area contributed by atoms with E-state index in [0.29, 0.717) is 5.92 Å². The van der Waals surface area contributed by atoms with E-state index in [1.807, 2.05) is 0 Å². The Morgan fingerprint density at radius 3 is 2.50 bits per heavy atom. The number of rotatable bonds is 4. The van der Waals surface area contributed by atoms with E-state index in [1.165, 1.54) is 11.1 Å². The van der Waals surface area contributed by atoms with Crippen molar-refractivity contribution in [1.82, 2.24) is 4.90 Å². The molecule has 2 unspecified atom stereocenters. The Hall–Kier alpha value is -0.900. The Morgan fingerprint density at radius 1 is 1.33 bits per heavy atom. The van der Waals surface area contributed by atoms with E-state index in [4.69, 9.17) is 4.74 Å². The van der Waals surface area contributed by atoms with E-state index in [2.05, 4.69) is 49.9 Å². The molecule has 1 saturated heterocycles. The zero-order valence-electron chi connectivity index (χ0n) is 11.5. The molecular weight excluding hydrogens is 226 g/mol. The first-order valence-electron chi connectivity index (χ1n) is 6.76. The molecule has 2 rings (SSSR count). The maximum absolute atomic E-state index is 9.21. The van der Waals surface area contributed by atoms with Crippen molar-refractivity contribution in [3.63, 3.8) is 0 Å². The Bertz CT molecular complexity index is 375. The van der Waals surface area contributed by atoms with Gasteiger partial charge in [-0.05, 0) is 23.6 Å². The summed E-state index contributed by atoms with van der Waals surface area (Å²) in [6.45, 7) is 8.36. The van der Waals surface area contributed by atoms with Gasteiger partial charge in [-0.3, -0.25) is 4.90 Å². The average molecular weight is 249 g/mol. The molecule has 0 aromatic heterocycles. The van der Waals surface area contributed by atoms with Crippen LogP contribution in [-0.2, 0) is 4.74 Å². The maximum atomic E-state index is 9.21. The number of aliphatic hydroxyl groups excluding tert-OH is 1. The van der Waals surface area contributed by atoms with Crippen LogP contribution in [0.25, 0.3) is 0 Å². The van der Waals surface area contributed by atoms with Gasteiger partial charge in [0.15, 0.2) is 0 Å². The Labute approximate surface area is 109 Å². The molecule has 1 aliphatic rings. The van der Waals surface area contributed by atoms with Crippen LogP contribution in [0.2, 0.25) is 0 Å². The molecule has 0 aliphatic carbocycles. The highest BCUT2D eigenvalue weighted by Gasteiger charge is 2.32. The van der Waals surface area contributed by atoms with Gasteiger partial charge in [0, 0.05) is 6.54 Å². The van der Waals surface area contributed by atoms with Crippen molar-refractivity contribution in [2.75, 3.05) is 19.7 Å². The van der Waals surface area contributed by atoms with Gasteiger partial charge in [0.05, 0.1) is 12.7 Å². The number of aliphatic hydroxyl groups is 1. The molecule has 0 radical (unpaired) electrons. The molecule has 1 aromatic carbocycles. The molecular formula is C15H23NO2. The third kappa shape index (κ3) is 2.74. The van der Waals surface area contributed by atoms with Crippen molar-refractivity contribution in [3.8, 4) is 0 Å². The summed E-state index contributed by atoms with van der Waals surface area (Å²) in [7, 11) is 0. The lowest BCUT2D eigenvalue weighted by molar-refractivity contribution is -0.0184. The molecule has 1 heterocycles. The number of likely N-dealkylation sites (N-methyl/N-ethyl adjacent to an activating group) is 1. The van der Waals surface area contributed by atoms with Crippen LogP contribution in [0.5, 0.6) is 0 Å². The monoisotopic (exact) mass is 249 g/mol. The molecule has 0 saturated carbocycles. The summed E-state index contributed by atoms with van der Waals surface area (Å²) in [4.78, 5) is 2.26. The SMILES string of the molecule is CCN1CC(CO)OC1c1ccc(C(C)C)cc1. The van der Waals surface area contributed by atoms with Crippen molar-refractivity contribution in [3.05, 3.63) is 35.4 Å². The number of ether oxygens (including phenoxy) is 1. The number of hydrogen-bond acceptors (Lipinski definition) is 3. The quantitative estimate of drug-likeness (QED) is 0.890. The topological polar surface area (TPSA) is 32.7 Å². The molecule has 3 heteroatoms. The van der Waals surface area contributed by atoms with Gasteiger partial charge in [-0.25, -0.2) is 0 Å². The molecule has 1 aliphatic heterocycles. The van der Waals surface area contributed by atoms with Crippen molar-refractivity contribution >= 4 is 0 Å². The Balaban J connectivity index is 2.15. The van der Waals surface area contributed by atoms with Gasteiger partial charge in [0.1, 0.15) is 6.23 Å². The fourth-order valence-electron chi connectivity index (χ4n) is 2.40. The standard InChI is InChI=1S/C15H23NO2/c1-4-16-9-14(10-17)18-15(16)13-7-5-12(6-8-13)11(2)3/h5-8,11,14-15,17H,4,9-10H2,1-3H3. The molecule has 0 bridgehead atoms. The second kappa shape index (κ2) is 5.83. The summed E-state index contributed by atoms with van der Waals surface area (Å²) in [6, 6.07) is 8.62. The summed E-state index contributed by atoms with van der Waals surface area (Å²) in [5.74, 6) is 0.552. The molecule has 3 nitrogen and oxygen atoms in total. The van der Waals surface area contributed by atoms with E-state index in [1.54, 1.807) is 0 Å². The number of hydrogen-bond donors (Lipinski definition) is 1. The molecule has 0 spiro atoms. The van der Waals surface area contributed by atoms with Crippen LogP contribution >= 0.6 is 0 Å². The summed E-state index contributed by atoms with van der Waals surface area (Å²) in [6.07, 6.45) is -0.0620. The third-order valence-corrected chi connectivity index (χ3v) is 3.59. The number of benzene rings is 1. The third-order valence-electron chi connectivity index (χ3n) is 3.59. The van der Waals surface area contributed by atoms with Gasteiger partial charge in [-0.2, -0.15) is 0 Å². The van der Waals surface area contributed by atoms with E-state index in [-0.39, 0.29) is 18.9 Å². The first kappa shape index (κ1) is 13.5. The van der Waals surface area contributed by atoms with Gasteiger partial charge in [-0.1, -0.05) is 45.0 Å². The van der Waals surface area contributed by atoms with Crippen molar-refractivity contribution < 1.29 is 9.84 Å². The highest BCUT2D eigenvalue weighted by Crippen LogP contribution is 2.30. The summed E-state index contributed by atoms with van der Waals surface area (Å²) >= 11 is 0. The summed E-state index contributed by atoms with van der Waals surface area (Å²) < 4.78 is 5.88. The molecule has 18 heavy (non-hydrogen) atoms. The van der Waals surface area contributed by atoms with Gasteiger partial charge in [0.2, 0.25) is 0 Å². The normalized spacial score (nSPS) is 24.9. The van der Waals surface area contributed by atoms with Crippen molar-refractivity contribution in [1.29, 1.82) is 0 Å². The van der Waals surface area contributed by atoms with E-state index in [0.717, 1.165) is 13.1 Å².